The molecule has 0 aromatic heterocycles. The van der Waals surface area contributed by atoms with Crippen LogP contribution in [0, 0.1) is 11.8 Å². The number of nitrogens with two attached hydrogens (primary N) is 1. The van der Waals surface area contributed by atoms with Crippen LogP contribution in [0.2, 0.25) is 0 Å². The molecule has 1 aliphatic rings. The van der Waals surface area contributed by atoms with Crippen LogP contribution in [0.3, 0.4) is 0 Å². The smallest absolute Gasteiger partial charge is 0.00402 e. The van der Waals surface area contributed by atoms with Crippen LogP contribution in [0.4, 0.5) is 0 Å². The molecule has 0 bridgehead atoms. The molecule has 1 rings (SSSR count). The van der Waals surface area contributed by atoms with Gasteiger partial charge in [0.25, 0.3) is 0 Å². The number of hydrogen-bond acceptors (Lipinski definition) is 1. The maximum atomic E-state index is 5.62. The van der Waals surface area contributed by atoms with E-state index in [2.05, 4.69) is 20.8 Å². The third-order valence-electron chi connectivity index (χ3n) is 2.93. The van der Waals surface area contributed by atoms with Crippen molar-refractivity contribution in [1.82, 2.24) is 0 Å². The van der Waals surface area contributed by atoms with Crippen LogP contribution in [0.5, 0.6) is 0 Å². The van der Waals surface area contributed by atoms with Crippen molar-refractivity contribution >= 4 is 0 Å². The first-order valence-electron chi connectivity index (χ1n) is 4.03. The molecule has 1 aliphatic carbocycles. The summed E-state index contributed by atoms with van der Waals surface area (Å²) in [4.78, 5) is 0. The van der Waals surface area contributed by atoms with Crippen LogP contribution in [-0.2, 0) is 0 Å². The topological polar surface area (TPSA) is 26.0 Å². The van der Waals surface area contributed by atoms with Crippen LogP contribution in [-0.4, -0.2) is 6.54 Å². The van der Waals surface area contributed by atoms with Crippen molar-refractivity contribution in [3.05, 3.63) is 11.1 Å². The fourth-order valence-corrected chi connectivity index (χ4v) is 1.76. The van der Waals surface area contributed by atoms with E-state index in [0.717, 1.165) is 18.4 Å². The van der Waals surface area contributed by atoms with Crippen LogP contribution in [0.15, 0.2) is 11.1 Å². The van der Waals surface area contributed by atoms with Crippen LogP contribution >= 0.6 is 0 Å². The van der Waals surface area contributed by atoms with Gasteiger partial charge in [-0.2, -0.15) is 0 Å². The normalized spacial score (nSPS) is 33.6. The first-order valence-corrected chi connectivity index (χ1v) is 4.03. The lowest BCUT2D eigenvalue weighted by Gasteiger charge is -2.13. The van der Waals surface area contributed by atoms with Gasteiger partial charge in [-0.25, -0.2) is 0 Å². The van der Waals surface area contributed by atoms with Gasteiger partial charge in [0, 0.05) is 0 Å². The standard InChI is InChI=1S/C9H17N/c1-6-4-9(5-10)8(3)7(6)2/h8-9H,4-5,10H2,1-3H3. The molecule has 0 saturated carbocycles. The molecular formula is C9H17N. The molecule has 0 spiro atoms. The highest BCUT2D eigenvalue weighted by atomic mass is 14.6. The molecular weight excluding hydrogens is 122 g/mol. The Hall–Kier alpha value is -0.300. The zero-order chi connectivity index (χ0) is 7.72. The van der Waals surface area contributed by atoms with Crippen molar-refractivity contribution in [1.29, 1.82) is 0 Å². The van der Waals surface area contributed by atoms with E-state index in [-0.39, 0.29) is 0 Å². The quantitative estimate of drug-likeness (QED) is 0.552. The molecule has 2 atom stereocenters. The first kappa shape index (κ1) is 7.80. The SMILES string of the molecule is CC1=C(C)C(C)C(CN)C1. The highest BCUT2D eigenvalue weighted by Crippen LogP contribution is 2.35. The highest BCUT2D eigenvalue weighted by molar-refractivity contribution is 5.20. The van der Waals surface area contributed by atoms with E-state index in [1.807, 2.05) is 0 Å². The van der Waals surface area contributed by atoms with Gasteiger partial charge in [0.2, 0.25) is 0 Å². The summed E-state index contributed by atoms with van der Waals surface area (Å²) in [5.41, 5.74) is 8.75. The van der Waals surface area contributed by atoms with E-state index in [4.69, 9.17) is 5.73 Å². The summed E-state index contributed by atoms with van der Waals surface area (Å²) in [6.07, 6.45) is 1.23. The maximum Gasteiger partial charge on any atom is -0.00402 e. The van der Waals surface area contributed by atoms with Crippen LogP contribution in [0.25, 0.3) is 0 Å². The van der Waals surface area contributed by atoms with Gasteiger partial charge in [0.05, 0.1) is 0 Å². The summed E-state index contributed by atoms with van der Waals surface area (Å²) in [5.74, 6) is 1.45. The Morgan fingerprint density at radius 1 is 1.50 bits per heavy atom. The third-order valence-corrected chi connectivity index (χ3v) is 2.93. The predicted molar refractivity (Wildman–Crippen MR) is 44.7 cm³/mol. The van der Waals surface area contributed by atoms with Crippen LogP contribution in [0.1, 0.15) is 27.2 Å². The zero-order valence-corrected chi connectivity index (χ0v) is 7.15. The van der Waals surface area contributed by atoms with E-state index < -0.39 is 0 Å². The monoisotopic (exact) mass is 139 g/mol. The van der Waals surface area contributed by atoms with Crippen molar-refractivity contribution in [2.24, 2.45) is 17.6 Å². The molecule has 0 heterocycles. The van der Waals surface area contributed by atoms with Gasteiger partial charge in [-0.3, -0.25) is 0 Å². The second-order valence-corrected chi connectivity index (χ2v) is 3.45. The first-order chi connectivity index (χ1) is 4.66. The van der Waals surface area contributed by atoms with E-state index in [9.17, 15) is 0 Å². The largest absolute Gasteiger partial charge is 0.330 e. The maximum absolute atomic E-state index is 5.62. The Balaban J connectivity index is 2.67. The lowest BCUT2D eigenvalue weighted by molar-refractivity contribution is 0.448. The van der Waals surface area contributed by atoms with E-state index in [0.29, 0.717) is 0 Å². The third kappa shape index (κ3) is 1.10. The lowest BCUT2D eigenvalue weighted by Crippen LogP contribution is -2.17. The number of allylic oxidation sites excluding steroid dienone is 2. The minimum absolute atomic E-state index is 0.722. The molecule has 0 saturated heterocycles. The second-order valence-electron chi connectivity index (χ2n) is 3.45. The number of hydrogen-bond donors (Lipinski definition) is 1. The molecule has 0 amide bonds. The Morgan fingerprint density at radius 3 is 2.30 bits per heavy atom. The molecule has 0 radical (unpaired) electrons. The van der Waals surface area contributed by atoms with Crippen molar-refractivity contribution in [3.8, 4) is 0 Å². The number of rotatable bonds is 1. The summed E-state index contributed by atoms with van der Waals surface area (Å²) in [7, 11) is 0. The van der Waals surface area contributed by atoms with Gasteiger partial charge < -0.3 is 5.73 Å². The Kier molecular flexibility index (Phi) is 2.14. The summed E-state index contributed by atoms with van der Waals surface area (Å²) >= 11 is 0. The molecule has 0 fully saturated rings. The van der Waals surface area contributed by atoms with Gasteiger partial charge in [-0.15, -0.1) is 0 Å². The van der Waals surface area contributed by atoms with Crippen molar-refractivity contribution < 1.29 is 0 Å². The summed E-state index contributed by atoms with van der Waals surface area (Å²) in [5, 5.41) is 0. The van der Waals surface area contributed by atoms with Gasteiger partial charge in [0.15, 0.2) is 0 Å². The van der Waals surface area contributed by atoms with Gasteiger partial charge >= 0.3 is 0 Å². The molecule has 58 valence electrons. The van der Waals surface area contributed by atoms with Gasteiger partial charge in [0.1, 0.15) is 0 Å². The Morgan fingerprint density at radius 2 is 2.10 bits per heavy atom. The average Bonchev–Trinajstić information content (AvgIpc) is 2.17. The molecule has 2 unspecified atom stereocenters. The molecule has 0 aromatic carbocycles. The minimum atomic E-state index is 0.722. The average molecular weight is 139 g/mol. The van der Waals surface area contributed by atoms with Crippen molar-refractivity contribution in [2.75, 3.05) is 6.54 Å². The lowest BCUT2D eigenvalue weighted by atomic mass is 9.94. The summed E-state index contributed by atoms with van der Waals surface area (Å²) in [6, 6.07) is 0. The minimum Gasteiger partial charge on any atom is -0.330 e. The summed E-state index contributed by atoms with van der Waals surface area (Å²) in [6.45, 7) is 7.58. The molecule has 0 aromatic rings. The Labute approximate surface area is 63.3 Å². The van der Waals surface area contributed by atoms with Crippen molar-refractivity contribution in [3.63, 3.8) is 0 Å². The van der Waals surface area contributed by atoms with E-state index in [1.54, 1.807) is 11.1 Å². The van der Waals surface area contributed by atoms with E-state index in [1.165, 1.54) is 6.42 Å². The van der Waals surface area contributed by atoms with E-state index >= 15 is 0 Å². The molecule has 2 N–H and O–H groups in total. The molecule has 1 nitrogen and oxygen atoms in total. The van der Waals surface area contributed by atoms with Crippen LogP contribution < -0.4 is 5.73 Å². The predicted octanol–water partition coefficient (Wildman–Crippen LogP) is 1.94. The molecule has 1 heteroatoms. The fourth-order valence-electron chi connectivity index (χ4n) is 1.76. The fraction of sp³-hybridized carbons (Fsp3) is 0.778. The van der Waals surface area contributed by atoms with Gasteiger partial charge in [-0.1, -0.05) is 18.1 Å². The molecule has 10 heavy (non-hydrogen) atoms. The zero-order valence-electron chi connectivity index (χ0n) is 7.15. The highest BCUT2D eigenvalue weighted by Gasteiger charge is 2.25. The van der Waals surface area contributed by atoms with Crippen molar-refractivity contribution in [2.45, 2.75) is 27.2 Å². The Bertz CT molecular complexity index is 158. The second kappa shape index (κ2) is 2.75. The summed E-state index contributed by atoms with van der Waals surface area (Å²) < 4.78 is 0. The molecule has 0 aliphatic heterocycles. The van der Waals surface area contributed by atoms with Gasteiger partial charge in [-0.05, 0) is 38.6 Å².